The van der Waals surface area contributed by atoms with Crippen molar-refractivity contribution < 1.29 is 9.60 Å². The van der Waals surface area contributed by atoms with Gasteiger partial charge in [0.2, 0.25) is 0 Å². The highest BCUT2D eigenvalue weighted by Gasteiger charge is 2.47. The number of fused-ring (bicyclic) bond motifs is 5. The molecule has 0 aliphatic heterocycles. The molecule has 0 fully saturated rings. The molecule has 0 amide bonds. The maximum Gasteiger partial charge on any atom is 0.0714 e. The molecule has 0 heterocycles. The average molecular weight is 669 g/mol. The van der Waals surface area contributed by atoms with E-state index in [1.807, 2.05) is 71.6 Å². The van der Waals surface area contributed by atoms with Crippen LogP contribution in [0.3, 0.4) is 0 Å². The van der Waals surface area contributed by atoms with Gasteiger partial charge < -0.3 is 4.90 Å². The molecule has 9 aromatic rings. The minimum Gasteiger partial charge on any atom is -0.309 e. The lowest BCUT2D eigenvalue weighted by molar-refractivity contribution is 0.768. The van der Waals surface area contributed by atoms with Gasteiger partial charge in [-0.25, -0.2) is 0 Å². The van der Waals surface area contributed by atoms with Crippen molar-refractivity contribution in [2.75, 3.05) is 4.90 Å². The molecule has 0 spiro atoms. The van der Waals surface area contributed by atoms with Gasteiger partial charge in [-0.1, -0.05) is 182 Å². The Morgan fingerprint density at radius 2 is 1.08 bits per heavy atom. The van der Waals surface area contributed by atoms with Gasteiger partial charge in [0.25, 0.3) is 0 Å². The molecule has 9 aromatic carbocycles. The monoisotopic (exact) mass is 668 g/mol. The predicted octanol–water partition coefficient (Wildman–Crippen LogP) is 13.5. The van der Waals surface area contributed by atoms with E-state index in [4.69, 9.17) is 6.85 Å². The van der Waals surface area contributed by atoms with E-state index in [1.165, 1.54) is 0 Å². The van der Waals surface area contributed by atoms with Gasteiger partial charge >= 0.3 is 0 Å². The van der Waals surface area contributed by atoms with Crippen molar-refractivity contribution in [2.45, 2.75) is 5.41 Å². The van der Waals surface area contributed by atoms with Gasteiger partial charge in [0, 0.05) is 16.6 Å². The molecular weight excluding hydrogens is 627 g/mol. The van der Waals surface area contributed by atoms with Crippen LogP contribution in [0.2, 0.25) is 0 Å². The van der Waals surface area contributed by atoms with Crippen molar-refractivity contribution in [1.29, 1.82) is 0 Å². The Morgan fingerprint density at radius 1 is 0.423 bits per heavy atom. The number of hydrogen-bond acceptors (Lipinski definition) is 1. The van der Waals surface area contributed by atoms with Gasteiger partial charge in [0.1, 0.15) is 0 Å². The van der Waals surface area contributed by atoms with Crippen LogP contribution in [0.15, 0.2) is 212 Å². The van der Waals surface area contributed by atoms with Crippen LogP contribution in [-0.4, -0.2) is 0 Å². The second-order valence-corrected chi connectivity index (χ2v) is 13.1. The van der Waals surface area contributed by atoms with Crippen LogP contribution in [0.1, 0.15) is 31.8 Å². The maximum absolute atomic E-state index is 9.63. The predicted molar refractivity (Wildman–Crippen MR) is 219 cm³/mol. The highest BCUT2D eigenvalue weighted by atomic mass is 15.1. The first-order valence-electron chi connectivity index (χ1n) is 21.0. The zero-order valence-corrected chi connectivity index (χ0v) is 28.1. The fraction of sp³-hybridized carbons (Fsp3) is 0.0196. The van der Waals surface area contributed by atoms with Crippen LogP contribution in [-0.2, 0) is 5.41 Å². The molecule has 52 heavy (non-hydrogen) atoms. The summed E-state index contributed by atoms with van der Waals surface area (Å²) >= 11 is 0. The van der Waals surface area contributed by atoms with Crippen LogP contribution in [0.4, 0.5) is 17.1 Å². The Kier molecular flexibility index (Phi) is 5.58. The Hall–Kier alpha value is -6.70. The van der Waals surface area contributed by atoms with Crippen molar-refractivity contribution in [3.63, 3.8) is 0 Å². The summed E-state index contributed by atoms with van der Waals surface area (Å²) in [7, 11) is 0. The standard InChI is InChI=1S/C51H35N/c1-3-21-41(22-4-1)51(42-23-5-2-6-24-42)46-28-12-11-27-45(46)50-47(51)29-15-31-49(50)52(48-30-14-19-37-17-9-10-26-44(37)48)43-25-13-20-39(35-43)40-33-32-36-16-7-8-18-38(36)34-40/h1-35H/i9D,10D,14D,17D,19D,26D,30D. The lowest BCUT2D eigenvalue weighted by Crippen LogP contribution is -2.28. The SMILES string of the molecule is [2H]c1c([2H])c([2H])c2c(N(c3cccc(-c4ccc5ccccc5c4)c3)c3cccc4c3-c3ccccc3C4(c3ccccc3)c3ccccc3)c([2H])c([2H])c([2H])c2c1[2H]. The molecule has 0 radical (unpaired) electrons. The van der Waals surface area contributed by atoms with E-state index in [9.17, 15) is 2.74 Å². The first-order valence-corrected chi connectivity index (χ1v) is 17.5. The molecular formula is C51H35N. The summed E-state index contributed by atoms with van der Waals surface area (Å²) in [4.78, 5) is 1.88. The van der Waals surface area contributed by atoms with E-state index in [0.29, 0.717) is 11.4 Å². The van der Waals surface area contributed by atoms with Gasteiger partial charge in [-0.2, -0.15) is 0 Å². The molecule has 244 valence electrons. The topological polar surface area (TPSA) is 3.24 Å². The molecule has 0 N–H and O–H groups in total. The molecule has 0 atom stereocenters. The van der Waals surface area contributed by atoms with E-state index < -0.39 is 35.6 Å². The summed E-state index contributed by atoms with van der Waals surface area (Å²) in [5.74, 6) is 0. The number of anilines is 3. The van der Waals surface area contributed by atoms with Gasteiger partial charge in [-0.15, -0.1) is 0 Å². The molecule has 1 aliphatic carbocycles. The molecule has 10 rings (SSSR count). The Balaban J connectivity index is 1.35. The first-order chi connectivity index (χ1) is 28.7. The molecule has 0 saturated heterocycles. The van der Waals surface area contributed by atoms with Crippen LogP contribution in [0.25, 0.3) is 43.8 Å². The van der Waals surface area contributed by atoms with Gasteiger partial charge in [0.05, 0.1) is 26.4 Å². The molecule has 0 aromatic heterocycles. The second kappa shape index (κ2) is 12.3. The Morgan fingerprint density at radius 3 is 1.90 bits per heavy atom. The molecule has 0 bridgehead atoms. The number of hydrogen-bond donors (Lipinski definition) is 0. The zero-order chi connectivity index (χ0) is 40.6. The molecule has 0 unspecified atom stereocenters. The number of benzene rings is 9. The van der Waals surface area contributed by atoms with Crippen LogP contribution in [0, 0.1) is 0 Å². The van der Waals surface area contributed by atoms with E-state index >= 15 is 0 Å². The highest BCUT2D eigenvalue weighted by molar-refractivity contribution is 6.04. The van der Waals surface area contributed by atoms with E-state index in [0.717, 1.165) is 55.3 Å². The number of nitrogens with zero attached hydrogens (tertiary/aromatic N) is 1. The Labute approximate surface area is 314 Å². The second-order valence-electron chi connectivity index (χ2n) is 13.1. The lowest BCUT2D eigenvalue weighted by atomic mass is 9.68. The minimum absolute atomic E-state index is 0.0133. The maximum atomic E-state index is 9.63. The van der Waals surface area contributed by atoms with Crippen molar-refractivity contribution in [2.24, 2.45) is 0 Å². The summed E-state index contributed by atoms with van der Waals surface area (Å²) in [5.41, 5.74) is 8.61. The Bertz CT molecular complexity index is 3100. The van der Waals surface area contributed by atoms with Gasteiger partial charge in [0.15, 0.2) is 0 Å². The van der Waals surface area contributed by atoms with Gasteiger partial charge in [-0.05, 0) is 85.4 Å². The fourth-order valence-electron chi connectivity index (χ4n) is 8.21. The molecule has 1 heteroatoms. The average Bonchev–Trinajstić information content (AvgIpc) is 3.59. The minimum atomic E-state index is -0.746. The van der Waals surface area contributed by atoms with E-state index in [1.54, 1.807) is 0 Å². The highest BCUT2D eigenvalue weighted by Crippen LogP contribution is 2.59. The third-order valence-electron chi connectivity index (χ3n) is 10.4. The van der Waals surface area contributed by atoms with Crippen molar-refractivity contribution in [1.82, 2.24) is 0 Å². The first kappa shape index (κ1) is 23.7. The van der Waals surface area contributed by atoms with E-state index in [-0.39, 0.29) is 28.5 Å². The van der Waals surface area contributed by atoms with Gasteiger partial charge in [-0.3, -0.25) is 0 Å². The third kappa shape index (κ3) is 4.63. The third-order valence-corrected chi connectivity index (χ3v) is 10.4. The normalized spacial score (nSPS) is 14.7. The fourth-order valence-corrected chi connectivity index (χ4v) is 8.21. The smallest absolute Gasteiger partial charge is 0.0714 e. The van der Waals surface area contributed by atoms with Crippen LogP contribution >= 0.6 is 0 Å². The quantitative estimate of drug-likeness (QED) is 0.170. The van der Waals surface area contributed by atoms with Crippen molar-refractivity contribution in [3.05, 3.63) is 234 Å². The summed E-state index contributed by atoms with van der Waals surface area (Å²) in [6.45, 7) is 0. The molecule has 1 aliphatic rings. The van der Waals surface area contributed by atoms with Crippen LogP contribution < -0.4 is 4.90 Å². The van der Waals surface area contributed by atoms with E-state index in [2.05, 4.69) is 103 Å². The number of rotatable bonds is 6. The summed E-state index contributed by atoms with van der Waals surface area (Å²) < 4.78 is 63.4. The summed E-state index contributed by atoms with van der Waals surface area (Å²) in [5, 5.41) is 2.12. The van der Waals surface area contributed by atoms with Crippen molar-refractivity contribution >= 4 is 38.6 Å². The zero-order valence-electron chi connectivity index (χ0n) is 35.1. The molecule has 1 nitrogen and oxygen atoms in total. The summed E-state index contributed by atoms with van der Waals surface area (Å²) in [6, 6.07) is 54.9. The summed E-state index contributed by atoms with van der Waals surface area (Å²) in [6.07, 6.45) is 0. The molecule has 0 saturated carbocycles. The van der Waals surface area contributed by atoms with Crippen LogP contribution in [0.5, 0.6) is 0 Å². The largest absolute Gasteiger partial charge is 0.309 e. The lowest BCUT2D eigenvalue weighted by Gasteiger charge is -2.34. The van der Waals surface area contributed by atoms with Crippen molar-refractivity contribution in [3.8, 4) is 22.3 Å².